The van der Waals surface area contributed by atoms with Crippen LogP contribution in [0.1, 0.15) is 32.1 Å². The molecule has 2 heteroatoms. The lowest BCUT2D eigenvalue weighted by Crippen LogP contribution is -2.43. The summed E-state index contributed by atoms with van der Waals surface area (Å²) in [7, 11) is 0. The SMILES string of the molecule is OCC1(N2CCCCC2)CC1. The van der Waals surface area contributed by atoms with Crippen molar-refractivity contribution in [2.24, 2.45) is 0 Å². The molecule has 0 aromatic rings. The Labute approximate surface area is 68.2 Å². The lowest BCUT2D eigenvalue weighted by atomic mass is 10.1. The molecule has 2 nitrogen and oxygen atoms in total. The van der Waals surface area contributed by atoms with Crippen LogP contribution in [-0.4, -0.2) is 35.2 Å². The van der Waals surface area contributed by atoms with E-state index in [4.69, 9.17) is 5.11 Å². The number of hydrogen-bond acceptors (Lipinski definition) is 2. The van der Waals surface area contributed by atoms with Crippen molar-refractivity contribution in [2.75, 3.05) is 19.7 Å². The first-order valence-electron chi connectivity index (χ1n) is 4.73. The van der Waals surface area contributed by atoms with Crippen molar-refractivity contribution < 1.29 is 5.11 Å². The van der Waals surface area contributed by atoms with E-state index in [1.165, 1.54) is 45.2 Å². The van der Waals surface area contributed by atoms with Gasteiger partial charge in [-0.1, -0.05) is 6.42 Å². The van der Waals surface area contributed by atoms with Gasteiger partial charge in [0.05, 0.1) is 6.61 Å². The van der Waals surface area contributed by atoms with Crippen molar-refractivity contribution >= 4 is 0 Å². The van der Waals surface area contributed by atoms with Crippen LogP contribution in [0.5, 0.6) is 0 Å². The largest absolute Gasteiger partial charge is 0.394 e. The van der Waals surface area contributed by atoms with Gasteiger partial charge in [0.1, 0.15) is 0 Å². The standard InChI is InChI=1S/C9H17NO/c11-8-9(4-5-9)10-6-2-1-3-7-10/h11H,1-8H2. The molecule has 64 valence electrons. The van der Waals surface area contributed by atoms with Crippen LogP contribution in [0, 0.1) is 0 Å². The number of nitrogens with zero attached hydrogens (tertiary/aromatic N) is 1. The number of hydrogen-bond donors (Lipinski definition) is 1. The molecular weight excluding hydrogens is 138 g/mol. The fraction of sp³-hybridized carbons (Fsp3) is 1.00. The Bertz CT molecular complexity index is 136. The Morgan fingerprint density at radius 1 is 1.09 bits per heavy atom. The maximum Gasteiger partial charge on any atom is 0.0615 e. The molecule has 2 rings (SSSR count). The summed E-state index contributed by atoms with van der Waals surface area (Å²) in [5, 5.41) is 9.17. The van der Waals surface area contributed by atoms with Gasteiger partial charge in [-0.2, -0.15) is 0 Å². The second-order valence-corrected chi connectivity index (χ2v) is 3.93. The van der Waals surface area contributed by atoms with Crippen LogP contribution in [-0.2, 0) is 0 Å². The molecule has 1 saturated heterocycles. The van der Waals surface area contributed by atoms with Crippen LogP contribution in [0.2, 0.25) is 0 Å². The van der Waals surface area contributed by atoms with Crippen molar-refractivity contribution in [3.05, 3.63) is 0 Å². The minimum Gasteiger partial charge on any atom is -0.394 e. The van der Waals surface area contributed by atoms with E-state index in [9.17, 15) is 0 Å². The first-order valence-corrected chi connectivity index (χ1v) is 4.73. The van der Waals surface area contributed by atoms with Gasteiger partial charge in [0.15, 0.2) is 0 Å². The normalized spacial score (nSPS) is 30.3. The van der Waals surface area contributed by atoms with Crippen molar-refractivity contribution in [1.82, 2.24) is 4.90 Å². The molecule has 1 aliphatic carbocycles. The smallest absolute Gasteiger partial charge is 0.0615 e. The van der Waals surface area contributed by atoms with E-state index in [-0.39, 0.29) is 5.54 Å². The van der Waals surface area contributed by atoms with Crippen LogP contribution in [0.25, 0.3) is 0 Å². The summed E-state index contributed by atoms with van der Waals surface area (Å²) in [5.74, 6) is 0. The quantitative estimate of drug-likeness (QED) is 0.643. The fourth-order valence-corrected chi connectivity index (χ4v) is 2.09. The maximum absolute atomic E-state index is 9.17. The van der Waals surface area contributed by atoms with Gasteiger partial charge < -0.3 is 5.11 Å². The van der Waals surface area contributed by atoms with Gasteiger partial charge in [-0.25, -0.2) is 0 Å². The summed E-state index contributed by atoms with van der Waals surface area (Å²) in [6, 6.07) is 0. The number of aliphatic hydroxyl groups excluding tert-OH is 1. The maximum atomic E-state index is 9.17. The van der Waals surface area contributed by atoms with Crippen molar-refractivity contribution in [3.8, 4) is 0 Å². The van der Waals surface area contributed by atoms with Crippen LogP contribution in [0.15, 0.2) is 0 Å². The Morgan fingerprint density at radius 2 is 1.73 bits per heavy atom. The van der Waals surface area contributed by atoms with Gasteiger partial charge in [0, 0.05) is 5.54 Å². The topological polar surface area (TPSA) is 23.5 Å². The second kappa shape index (κ2) is 2.76. The van der Waals surface area contributed by atoms with Crippen LogP contribution in [0.3, 0.4) is 0 Å². The van der Waals surface area contributed by atoms with Gasteiger partial charge in [-0.3, -0.25) is 4.90 Å². The number of rotatable bonds is 2. The lowest BCUT2D eigenvalue weighted by Gasteiger charge is -2.33. The molecule has 1 aliphatic heterocycles. The van der Waals surface area contributed by atoms with Crippen molar-refractivity contribution in [3.63, 3.8) is 0 Å². The summed E-state index contributed by atoms with van der Waals surface area (Å²) in [5.41, 5.74) is 0.250. The molecule has 0 spiro atoms. The number of piperidine rings is 1. The molecule has 0 atom stereocenters. The van der Waals surface area contributed by atoms with Gasteiger partial charge in [-0.05, 0) is 38.8 Å². The summed E-state index contributed by atoms with van der Waals surface area (Å²) >= 11 is 0. The fourth-order valence-electron chi connectivity index (χ4n) is 2.09. The van der Waals surface area contributed by atoms with Gasteiger partial charge in [0.2, 0.25) is 0 Å². The van der Waals surface area contributed by atoms with Crippen molar-refractivity contribution in [2.45, 2.75) is 37.6 Å². The lowest BCUT2D eigenvalue weighted by molar-refractivity contribution is 0.0872. The van der Waals surface area contributed by atoms with E-state index < -0.39 is 0 Å². The number of aliphatic hydroxyl groups is 1. The van der Waals surface area contributed by atoms with Gasteiger partial charge in [-0.15, -0.1) is 0 Å². The Hall–Kier alpha value is -0.0800. The van der Waals surface area contributed by atoms with Crippen molar-refractivity contribution in [1.29, 1.82) is 0 Å². The van der Waals surface area contributed by atoms with E-state index in [0.29, 0.717) is 6.61 Å². The second-order valence-electron chi connectivity index (χ2n) is 3.93. The third-order valence-corrected chi connectivity index (χ3v) is 3.15. The molecule has 1 saturated carbocycles. The Balaban J connectivity index is 1.92. The molecule has 2 fully saturated rings. The van der Waals surface area contributed by atoms with Gasteiger partial charge >= 0.3 is 0 Å². The molecule has 1 N–H and O–H groups in total. The Kier molecular flexibility index (Phi) is 1.90. The van der Waals surface area contributed by atoms with E-state index in [1.807, 2.05) is 0 Å². The third kappa shape index (κ3) is 1.30. The van der Waals surface area contributed by atoms with E-state index >= 15 is 0 Å². The molecule has 11 heavy (non-hydrogen) atoms. The Morgan fingerprint density at radius 3 is 2.18 bits per heavy atom. The zero-order chi connectivity index (χ0) is 7.73. The highest BCUT2D eigenvalue weighted by atomic mass is 16.3. The minimum atomic E-state index is 0.250. The first kappa shape index (κ1) is 7.56. The van der Waals surface area contributed by atoms with Crippen LogP contribution >= 0.6 is 0 Å². The summed E-state index contributed by atoms with van der Waals surface area (Å²) in [6.07, 6.45) is 6.51. The summed E-state index contributed by atoms with van der Waals surface area (Å²) in [4.78, 5) is 2.50. The molecule has 2 aliphatic rings. The summed E-state index contributed by atoms with van der Waals surface area (Å²) in [6.45, 7) is 2.83. The minimum absolute atomic E-state index is 0.250. The molecule has 1 heterocycles. The van der Waals surface area contributed by atoms with E-state index in [0.717, 1.165) is 0 Å². The number of likely N-dealkylation sites (tertiary alicyclic amines) is 1. The monoisotopic (exact) mass is 155 g/mol. The molecule has 0 aromatic heterocycles. The molecule has 0 radical (unpaired) electrons. The molecule has 0 bridgehead atoms. The van der Waals surface area contributed by atoms with Gasteiger partial charge in [0.25, 0.3) is 0 Å². The zero-order valence-electron chi connectivity index (χ0n) is 7.05. The average Bonchev–Trinajstić information content (AvgIpc) is 2.86. The van der Waals surface area contributed by atoms with Crippen LogP contribution < -0.4 is 0 Å². The highest BCUT2D eigenvalue weighted by Gasteiger charge is 2.47. The molecular formula is C9H17NO. The summed E-state index contributed by atoms with van der Waals surface area (Å²) < 4.78 is 0. The zero-order valence-corrected chi connectivity index (χ0v) is 7.05. The molecule has 0 unspecified atom stereocenters. The average molecular weight is 155 g/mol. The predicted octanol–water partition coefficient (Wildman–Crippen LogP) is 0.997. The van der Waals surface area contributed by atoms with E-state index in [1.54, 1.807) is 0 Å². The third-order valence-electron chi connectivity index (χ3n) is 3.15. The van der Waals surface area contributed by atoms with Crippen LogP contribution in [0.4, 0.5) is 0 Å². The molecule has 0 amide bonds. The molecule has 0 aromatic carbocycles. The highest BCUT2D eigenvalue weighted by molar-refractivity contribution is 5.03. The first-order chi connectivity index (χ1) is 5.37. The predicted molar refractivity (Wildman–Crippen MR) is 44.5 cm³/mol. The highest BCUT2D eigenvalue weighted by Crippen LogP contribution is 2.42. The van der Waals surface area contributed by atoms with E-state index in [2.05, 4.69) is 4.90 Å².